The van der Waals surface area contributed by atoms with E-state index in [1.807, 2.05) is 12.1 Å². The lowest BCUT2D eigenvalue weighted by atomic mass is 9.64. The van der Waals surface area contributed by atoms with Gasteiger partial charge in [-0.1, -0.05) is 18.6 Å². The van der Waals surface area contributed by atoms with Crippen LogP contribution in [0.3, 0.4) is 0 Å². The van der Waals surface area contributed by atoms with Crippen LogP contribution >= 0.6 is 0 Å². The molecule has 1 saturated carbocycles. The molecule has 0 spiro atoms. The fourth-order valence-electron chi connectivity index (χ4n) is 2.86. The van der Waals surface area contributed by atoms with Crippen LogP contribution in [0.1, 0.15) is 42.2 Å². The summed E-state index contributed by atoms with van der Waals surface area (Å²) in [4.78, 5) is 11.2. The Morgan fingerprint density at radius 2 is 1.91 bits per heavy atom. The number of nitrogens with zero attached hydrogens (tertiary/aromatic N) is 2. The molecule has 5 nitrogen and oxygen atoms in total. The molecular formula is C17H19N3O2. The third-order valence-corrected chi connectivity index (χ3v) is 4.42. The molecule has 0 aliphatic heterocycles. The molecule has 22 heavy (non-hydrogen) atoms. The molecule has 1 aliphatic rings. The Bertz CT molecular complexity index is 661. The lowest BCUT2D eigenvalue weighted by Crippen LogP contribution is -2.41. The molecule has 0 saturated heterocycles. The summed E-state index contributed by atoms with van der Waals surface area (Å²) in [5.74, 6) is 0.880. The number of nitrogens with one attached hydrogen (secondary N) is 1. The van der Waals surface area contributed by atoms with E-state index in [2.05, 4.69) is 15.5 Å². The molecular weight excluding hydrogens is 278 g/mol. The Labute approximate surface area is 129 Å². The van der Waals surface area contributed by atoms with Crippen LogP contribution in [-0.4, -0.2) is 27.6 Å². The SMILES string of the molecule is CC(=O)c1ccc(NCC2(c3ccc(O)cc3)CCC2)nn1. The van der Waals surface area contributed by atoms with E-state index in [9.17, 15) is 9.90 Å². The first-order chi connectivity index (χ1) is 10.6. The minimum Gasteiger partial charge on any atom is -0.508 e. The molecule has 0 bridgehead atoms. The topological polar surface area (TPSA) is 75.1 Å². The number of rotatable bonds is 5. The van der Waals surface area contributed by atoms with Crippen molar-refractivity contribution >= 4 is 11.6 Å². The molecule has 0 unspecified atom stereocenters. The molecule has 0 amide bonds. The maximum Gasteiger partial charge on any atom is 0.180 e. The Hall–Kier alpha value is -2.43. The maximum atomic E-state index is 11.2. The minimum atomic E-state index is -0.0846. The molecule has 1 heterocycles. The number of benzene rings is 1. The number of phenolic OH excluding ortho intramolecular Hbond substituents is 1. The van der Waals surface area contributed by atoms with Crippen molar-refractivity contribution in [1.82, 2.24) is 10.2 Å². The quantitative estimate of drug-likeness (QED) is 0.830. The van der Waals surface area contributed by atoms with Crippen molar-refractivity contribution in [1.29, 1.82) is 0 Å². The molecule has 1 aliphatic carbocycles. The zero-order chi connectivity index (χ0) is 15.6. The van der Waals surface area contributed by atoms with Gasteiger partial charge in [0.05, 0.1) is 0 Å². The zero-order valence-electron chi connectivity index (χ0n) is 12.5. The maximum absolute atomic E-state index is 11.2. The van der Waals surface area contributed by atoms with Gasteiger partial charge in [0, 0.05) is 18.9 Å². The summed E-state index contributed by atoms with van der Waals surface area (Å²) in [7, 11) is 0. The Balaban J connectivity index is 1.70. The predicted octanol–water partition coefficient (Wildman–Crippen LogP) is 2.92. The monoisotopic (exact) mass is 297 g/mol. The Kier molecular flexibility index (Phi) is 3.79. The van der Waals surface area contributed by atoms with Crippen LogP contribution in [0.4, 0.5) is 5.82 Å². The number of hydrogen-bond donors (Lipinski definition) is 2. The number of ketones is 1. The Morgan fingerprint density at radius 1 is 1.18 bits per heavy atom. The van der Waals surface area contributed by atoms with Crippen molar-refractivity contribution in [3.63, 3.8) is 0 Å². The number of aromatic nitrogens is 2. The fourth-order valence-corrected chi connectivity index (χ4v) is 2.86. The van der Waals surface area contributed by atoms with Gasteiger partial charge < -0.3 is 10.4 Å². The summed E-state index contributed by atoms with van der Waals surface area (Å²) in [6, 6.07) is 10.9. The van der Waals surface area contributed by atoms with Crippen molar-refractivity contribution < 1.29 is 9.90 Å². The summed E-state index contributed by atoms with van der Waals surface area (Å²) >= 11 is 0. The molecule has 5 heteroatoms. The van der Waals surface area contributed by atoms with Crippen LogP contribution in [0, 0.1) is 0 Å². The second-order valence-electron chi connectivity index (χ2n) is 5.89. The highest BCUT2D eigenvalue weighted by molar-refractivity contribution is 5.91. The van der Waals surface area contributed by atoms with E-state index in [-0.39, 0.29) is 16.9 Å². The molecule has 2 N–H and O–H groups in total. The average molecular weight is 297 g/mol. The largest absolute Gasteiger partial charge is 0.508 e. The molecule has 1 aromatic carbocycles. The lowest BCUT2D eigenvalue weighted by Gasteiger charge is -2.42. The van der Waals surface area contributed by atoms with Crippen LogP contribution in [-0.2, 0) is 5.41 Å². The van der Waals surface area contributed by atoms with Gasteiger partial charge in [0.2, 0.25) is 0 Å². The third-order valence-electron chi connectivity index (χ3n) is 4.42. The van der Waals surface area contributed by atoms with Crippen molar-refractivity contribution in [2.24, 2.45) is 0 Å². The van der Waals surface area contributed by atoms with Gasteiger partial charge >= 0.3 is 0 Å². The molecule has 1 fully saturated rings. The van der Waals surface area contributed by atoms with Gasteiger partial charge in [-0.05, 0) is 42.7 Å². The van der Waals surface area contributed by atoms with E-state index in [0.717, 1.165) is 19.4 Å². The smallest absolute Gasteiger partial charge is 0.180 e. The number of phenols is 1. The second kappa shape index (κ2) is 5.75. The van der Waals surface area contributed by atoms with Gasteiger partial charge in [0.15, 0.2) is 5.78 Å². The highest BCUT2D eigenvalue weighted by Crippen LogP contribution is 2.44. The highest BCUT2D eigenvalue weighted by atomic mass is 16.3. The van der Waals surface area contributed by atoms with Crippen molar-refractivity contribution in [2.45, 2.75) is 31.6 Å². The molecule has 0 radical (unpaired) electrons. The van der Waals surface area contributed by atoms with E-state index in [0.29, 0.717) is 11.5 Å². The number of aromatic hydroxyl groups is 1. The van der Waals surface area contributed by atoms with Crippen LogP contribution < -0.4 is 5.32 Å². The summed E-state index contributed by atoms with van der Waals surface area (Å²) < 4.78 is 0. The molecule has 114 valence electrons. The lowest BCUT2D eigenvalue weighted by molar-refractivity contribution is 0.101. The van der Waals surface area contributed by atoms with Gasteiger partial charge in [-0.15, -0.1) is 10.2 Å². The third kappa shape index (κ3) is 2.79. The summed E-state index contributed by atoms with van der Waals surface area (Å²) in [5.41, 5.74) is 1.70. The number of Topliss-reactive ketones (excluding diaryl/α,β-unsaturated/α-hetero) is 1. The van der Waals surface area contributed by atoms with Gasteiger partial charge in [-0.3, -0.25) is 4.79 Å². The first-order valence-corrected chi connectivity index (χ1v) is 7.47. The van der Waals surface area contributed by atoms with Gasteiger partial charge in [-0.2, -0.15) is 0 Å². The first-order valence-electron chi connectivity index (χ1n) is 7.47. The second-order valence-corrected chi connectivity index (χ2v) is 5.89. The first kappa shape index (κ1) is 14.5. The minimum absolute atomic E-state index is 0.0846. The number of carbonyl (C=O) groups excluding carboxylic acids is 1. The van der Waals surface area contributed by atoms with Gasteiger partial charge in [0.25, 0.3) is 0 Å². The molecule has 1 aromatic heterocycles. The molecule has 0 atom stereocenters. The van der Waals surface area contributed by atoms with Gasteiger partial charge in [-0.25, -0.2) is 0 Å². The Morgan fingerprint density at radius 3 is 2.41 bits per heavy atom. The van der Waals surface area contributed by atoms with Gasteiger partial charge in [0.1, 0.15) is 17.3 Å². The van der Waals surface area contributed by atoms with E-state index >= 15 is 0 Å². The van der Waals surface area contributed by atoms with E-state index in [1.165, 1.54) is 18.9 Å². The van der Waals surface area contributed by atoms with Crippen LogP contribution in [0.25, 0.3) is 0 Å². The van der Waals surface area contributed by atoms with Crippen LogP contribution in [0.2, 0.25) is 0 Å². The van der Waals surface area contributed by atoms with E-state index in [1.54, 1.807) is 24.3 Å². The summed E-state index contributed by atoms with van der Waals surface area (Å²) in [6.45, 7) is 2.25. The molecule has 2 aromatic rings. The number of hydrogen-bond acceptors (Lipinski definition) is 5. The predicted molar refractivity (Wildman–Crippen MR) is 84.2 cm³/mol. The van der Waals surface area contributed by atoms with Crippen molar-refractivity contribution in [3.8, 4) is 5.75 Å². The summed E-state index contributed by atoms with van der Waals surface area (Å²) in [6.07, 6.45) is 3.44. The number of anilines is 1. The highest BCUT2D eigenvalue weighted by Gasteiger charge is 2.38. The summed E-state index contributed by atoms with van der Waals surface area (Å²) in [5, 5.41) is 20.7. The normalized spacial score (nSPS) is 15.9. The molecule has 3 rings (SSSR count). The van der Waals surface area contributed by atoms with Crippen molar-refractivity contribution in [2.75, 3.05) is 11.9 Å². The van der Waals surface area contributed by atoms with E-state index in [4.69, 9.17) is 0 Å². The van der Waals surface area contributed by atoms with Crippen LogP contribution in [0.5, 0.6) is 5.75 Å². The zero-order valence-corrected chi connectivity index (χ0v) is 12.5. The standard InChI is InChI=1S/C17H19N3O2/c1-12(21)15-7-8-16(20-19-15)18-11-17(9-2-10-17)13-3-5-14(22)6-4-13/h3-8,22H,2,9-11H2,1H3,(H,18,20). The number of carbonyl (C=O) groups is 1. The van der Waals surface area contributed by atoms with Crippen LogP contribution in [0.15, 0.2) is 36.4 Å². The average Bonchev–Trinajstić information content (AvgIpc) is 2.48. The van der Waals surface area contributed by atoms with Crippen molar-refractivity contribution in [3.05, 3.63) is 47.7 Å². The van der Waals surface area contributed by atoms with E-state index < -0.39 is 0 Å². The fraction of sp³-hybridized carbons (Fsp3) is 0.353.